The first-order valence-corrected chi connectivity index (χ1v) is 11.2. The van der Waals surface area contributed by atoms with Crippen molar-refractivity contribution in [1.82, 2.24) is 10.2 Å². The summed E-state index contributed by atoms with van der Waals surface area (Å²) >= 11 is 0.716. The normalized spacial score (nSPS) is 15.6. The maximum absolute atomic E-state index is 12.6. The van der Waals surface area contributed by atoms with Crippen molar-refractivity contribution in [3.63, 3.8) is 0 Å². The van der Waals surface area contributed by atoms with Crippen molar-refractivity contribution in [1.29, 1.82) is 0 Å². The van der Waals surface area contributed by atoms with Crippen LogP contribution in [0.5, 0.6) is 0 Å². The van der Waals surface area contributed by atoms with Crippen LogP contribution in [0.2, 0.25) is 0 Å². The van der Waals surface area contributed by atoms with Gasteiger partial charge in [-0.3, -0.25) is 14.5 Å². The minimum Gasteiger partial charge on any atom is -0.464 e. The first kappa shape index (κ1) is 27.2. The highest BCUT2D eigenvalue weighted by molar-refractivity contribution is 8.14. The molecule has 1 fully saturated rings. The average molecular weight is 463 g/mol. The van der Waals surface area contributed by atoms with E-state index in [0.29, 0.717) is 18.2 Å². The lowest BCUT2D eigenvalue weighted by Crippen LogP contribution is -2.53. The fourth-order valence-electron chi connectivity index (χ4n) is 2.79. The minimum atomic E-state index is -1.06. The Balaban J connectivity index is 2.47. The van der Waals surface area contributed by atoms with Gasteiger partial charge in [0.2, 0.25) is 12.7 Å². The molecule has 0 aromatic heterocycles. The Hall–Kier alpha value is -1.85. The second-order valence-corrected chi connectivity index (χ2v) is 9.14. The van der Waals surface area contributed by atoms with Crippen molar-refractivity contribution in [2.24, 2.45) is 0 Å². The Morgan fingerprint density at radius 3 is 2.39 bits per heavy atom. The molecule has 1 heterocycles. The van der Waals surface area contributed by atoms with Gasteiger partial charge in [-0.25, -0.2) is 9.59 Å². The zero-order valence-corrected chi connectivity index (χ0v) is 19.6. The van der Waals surface area contributed by atoms with E-state index in [4.69, 9.17) is 18.9 Å². The van der Waals surface area contributed by atoms with Gasteiger partial charge in [0.1, 0.15) is 6.04 Å². The molecule has 0 unspecified atom stereocenters. The van der Waals surface area contributed by atoms with Gasteiger partial charge in [-0.15, -0.1) is 0 Å². The van der Waals surface area contributed by atoms with Gasteiger partial charge in [-0.05, 0) is 45.0 Å². The van der Waals surface area contributed by atoms with Crippen molar-refractivity contribution in [2.45, 2.75) is 57.7 Å². The van der Waals surface area contributed by atoms with Crippen LogP contribution in [-0.2, 0) is 33.3 Å². The summed E-state index contributed by atoms with van der Waals surface area (Å²) in [5, 5.41) is 1.82. The topological polar surface area (TPSA) is 120 Å². The third-order valence-electron chi connectivity index (χ3n) is 4.53. The fraction of sp³-hybridized carbons (Fsp3) is 0.800. The van der Waals surface area contributed by atoms with Gasteiger partial charge < -0.3 is 24.3 Å². The summed E-state index contributed by atoms with van der Waals surface area (Å²) in [6, 6.07) is -1.06. The fourth-order valence-corrected chi connectivity index (χ4v) is 3.60. The monoisotopic (exact) mass is 462 g/mol. The van der Waals surface area contributed by atoms with E-state index in [1.807, 2.05) is 0 Å². The second kappa shape index (κ2) is 14.3. The van der Waals surface area contributed by atoms with Crippen molar-refractivity contribution >= 4 is 34.9 Å². The number of hydrogen-bond acceptors (Lipinski definition) is 10. The molecule has 0 aliphatic carbocycles. The zero-order chi connectivity index (χ0) is 23.3. The van der Waals surface area contributed by atoms with Gasteiger partial charge in [0.05, 0.1) is 24.6 Å². The Morgan fingerprint density at radius 2 is 1.77 bits per heavy atom. The maximum atomic E-state index is 12.6. The quantitative estimate of drug-likeness (QED) is 0.261. The van der Waals surface area contributed by atoms with E-state index >= 15 is 0 Å². The molecule has 11 heteroatoms. The molecule has 10 nitrogen and oxygen atoms in total. The molecule has 1 atom stereocenters. The van der Waals surface area contributed by atoms with E-state index in [9.17, 15) is 19.2 Å². The molecule has 0 radical (unpaired) electrons. The lowest BCUT2D eigenvalue weighted by molar-refractivity contribution is -0.151. The number of nitrogens with one attached hydrogen (secondary N) is 1. The van der Waals surface area contributed by atoms with Crippen LogP contribution in [0, 0.1) is 0 Å². The van der Waals surface area contributed by atoms with Crippen LogP contribution in [-0.4, -0.2) is 85.1 Å². The highest BCUT2D eigenvalue weighted by Crippen LogP contribution is 2.30. The number of amides is 1. The van der Waals surface area contributed by atoms with E-state index in [0.717, 1.165) is 39.3 Å². The molecule has 0 spiro atoms. The first-order chi connectivity index (χ1) is 14.7. The maximum Gasteiger partial charge on any atom is 0.370 e. The molecule has 0 aromatic carbocycles. The van der Waals surface area contributed by atoms with E-state index in [-0.39, 0.29) is 13.0 Å². The number of ether oxygens (including phenoxy) is 4. The molecule has 0 bridgehead atoms. The highest BCUT2D eigenvalue weighted by Gasteiger charge is 2.40. The van der Waals surface area contributed by atoms with Crippen LogP contribution in [0.3, 0.4) is 0 Å². The zero-order valence-electron chi connectivity index (χ0n) is 18.8. The SMILES string of the molecule is CCC(=O)OCOC(=O)SC(C)(C)[C@@H](NC(C)=O)C(=O)OCCCCN1CCOCC1. The van der Waals surface area contributed by atoms with Crippen LogP contribution >= 0.6 is 11.8 Å². The van der Waals surface area contributed by atoms with Crippen LogP contribution < -0.4 is 5.32 Å². The molecule has 0 aromatic rings. The van der Waals surface area contributed by atoms with Gasteiger partial charge in [-0.2, -0.15) is 0 Å². The van der Waals surface area contributed by atoms with Crippen LogP contribution in [0.15, 0.2) is 0 Å². The average Bonchev–Trinajstić information content (AvgIpc) is 2.71. The molecule has 31 heavy (non-hydrogen) atoms. The molecule has 178 valence electrons. The predicted octanol–water partition coefficient (Wildman–Crippen LogP) is 1.71. The molecular formula is C20H34N2O8S. The minimum absolute atomic E-state index is 0.166. The van der Waals surface area contributed by atoms with Crippen molar-refractivity contribution in [3.05, 3.63) is 0 Å². The van der Waals surface area contributed by atoms with Gasteiger partial charge in [0.25, 0.3) is 0 Å². The number of unbranched alkanes of at least 4 members (excludes halogenated alkanes) is 1. The highest BCUT2D eigenvalue weighted by atomic mass is 32.2. The van der Waals surface area contributed by atoms with Crippen LogP contribution in [0.1, 0.15) is 47.0 Å². The number of morpholine rings is 1. The standard InChI is InChI=1S/C20H34N2O8S/c1-5-16(24)29-14-30-19(26)31-20(3,4)17(21-15(2)23)18(25)28-11-7-6-8-22-9-12-27-13-10-22/h17H,5-14H2,1-4H3,(H,21,23)/t17-/m0/s1. The van der Waals surface area contributed by atoms with Crippen LogP contribution in [0.4, 0.5) is 4.79 Å². The summed E-state index contributed by atoms with van der Waals surface area (Å²) in [7, 11) is 0. The molecule has 1 saturated heterocycles. The summed E-state index contributed by atoms with van der Waals surface area (Å²) in [6.45, 7) is 10.1. The lowest BCUT2D eigenvalue weighted by atomic mass is 10.0. The molecule has 1 aliphatic heterocycles. The van der Waals surface area contributed by atoms with Gasteiger partial charge in [0, 0.05) is 26.4 Å². The molecular weight excluding hydrogens is 428 g/mol. The summed E-state index contributed by atoms with van der Waals surface area (Å²) in [5.41, 5.74) is 0. The van der Waals surface area contributed by atoms with Gasteiger partial charge >= 0.3 is 17.2 Å². The Bertz CT molecular complexity index is 608. The number of hydrogen-bond donors (Lipinski definition) is 1. The molecule has 0 saturated carbocycles. The summed E-state index contributed by atoms with van der Waals surface area (Å²) in [6.07, 6.45) is 1.73. The van der Waals surface area contributed by atoms with Gasteiger partial charge in [0.15, 0.2) is 0 Å². The lowest BCUT2D eigenvalue weighted by Gasteiger charge is -2.31. The van der Waals surface area contributed by atoms with E-state index in [2.05, 4.69) is 10.2 Å². The predicted molar refractivity (Wildman–Crippen MR) is 114 cm³/mol. The largest absolute Gasteiger partial charge is 0.464 e. The van der Waals surface area contributed by atoms with E-state index < -0.39 is 40.7 Å². The second-order valence-electron chi connectivity index (χ2n) is 7.55. The van der Waals surface area contributed by atoms with Crippen molar-refractivity contribution in [3.8, 4) is 0 Å². The molecule has 1 aliphatic rings. The smallest absolute Gasteiger partial charge is 0.370 e. The van der Waals surface area contributed by atoms with E-state index in [1.165, 1.54) is 6.92 Å². The number of thioether (sulfide) groups is 1. The molecule has 1 N–H and O–H groups in total. The Morgan fingerprint density at radius 1 is 1.10 bits per heavy atom. The van der Waals surface area contributed by atoms with Gasteiger partial charge in [-0.1, -0.05) is 6.92 Å². The Labute approximate surface area is 187 Å². The summed E-state index contributed by atoms with van der Waals surface area (Å²) in [4.78, 5) is 49.7. The van der Waals surface area contributed by atoms with Crippen LogP contribution in [0.25, 0.3) is 0 Å². The third-order valence-corrected chi connectivity index (χ3v) is 5.57. The number of carbonyl (C=O) groups excluding carboxylic acids is 4. The number of carbonyl (C=O) groups is 4. The van der Waals surface area contributed by atoms with E-state index in [1.54, 1.807) is 20.8 Å². The van der Waals surface area contributed by atoms with Crippen molar-refractivity contribution < 1.29 is 38.1 Å². The Kier molecular flexibility index (Phi) is 12.5. The summed E-state index contributed by atoms with van der Waals surface area (Å²) in [5.74, 6) is -1.54. The molecule has 1 amide bonds. The van der Waals surface area contributed by atoms with Crippen molar-refractivity contribution in [2.75, 3.05) is 46.2 Å². The summed E-state index contributed by atoms with van der Waals surface area (Å²) < 4.78 is 19.2. The molecule has 1 rings (SSSR count). The number of nitrogens with zero attached hydrogens (tertiary/aromatic N) is 1. The number of rotatable bonds is 12. The number of esters is 2. The third kappa shape index (κ3) is 11.4. The first-order valence-electron chi connectivity index (χ1n) is 10.4.